The van der Waals surface area contributed by atoms with Crippen LogP contribution in [0.3, 0.4) is 0 Å². The molecule has 5 nitrogen and oxygen atoms in total. The summed E-state index contributed by atoms with van der Waals surface area (Å²) in [5.41, 5.74) is 0.447. The smallest absolute Gasteiger partial charge is 0.377 e. The molecular formula is C25H26F4N4O. The van der Waals surface area contributed by atoms with Crippen LogP contribution in [0.25, 0.3) is 10.9 Å². The molecule has 1 aromatic heterocycles. The van der Waals surface area contributed by atoms with Gasteiger partial charge in [0.15, 0.2) is 0 Å². The molecular weight excluding hydrogens is 448 g/mol. The summed E-state index contributed by atoms with van der Waals surface area (Å²) < 4.78 is 52.4. The van der Waals surface area contributed by atoms with E-state index in [9.17, 15) is 22.4 Å². The van der Waals surface area contributed by atoms with Gasteiger partial charge in [0.2, 0.25) is 0 Å². The first kappa shape index (κ1) is 23.8. The Morgan fingerprint density at radius 1 is 1.00 bits per heavy atom. The molecule has 1 amide bonds. The van der Waals surface area contributed by atoms with Crippen molar-refractivity contribution in [2.75, 3.05) is 24.3 Å². The average Bonchev–Trinajstić information content (AvgIpc) is 2.78. The normalized spacial score (nSPS) is 18.5. The molecule has 0 aliphatic heterocycles. The van der Waals surface area contributed by atoms with Gasteiger partial charge in [-0.05, 0) is 49.9 Å². The minimum Gasteiger partial charge on any atom is -0.377 e. The highest BCUT2D eigenvalue weighted by Crippen LogP contribution is 2.31. The number of benzene rings is 2. The molecule has 0 spiro atoms. The Kier molecular flexibility index (Phi) is 6.63. The van der Waals surface area contributed by atoms with Crippen LogP contribution in [-0.4, -0.2) is 37.1 Å². The number of aromatic nitrogens is 1. The standard InChI is InChI=1S/C25H26F4N4O/c1-33(2)22-14-23(32-21-6-4-3-5-20(21)22)30-18-7-9-19(10-8-18)31-24(34)15-11-16(25(27,28)29)13-17(26)12-15/h3-6,11-14,18-19H,7-10H2,1-2H3,(H,30,32)(H,31,34). The number of anilines is 2. The molecule has 1 aliphatic carbocycles. The summed E-state index contributed by atoms with van der Waals surface area (Å²) in [7, 11) is 3.96. The fourth-order valence-electron chi connectivity index (χ4n) is 4.35. The molecule has 1 heterocycles. The Morgan fingerprint density at radius 3 is 2.35 bits per heavy atom. The third kappa shape index (κ3) is 5.40. The summed E-state index contributed by atoms with van der Waals surface area (Å²) in [4.78, 5) is 19.2. The number of halogens is 4. The van der Waals surface area contributed by atoms with E-state index in [-0.39, 0.29) is 17.6 Å². The quantitative estimate of drug-likeness (QED) is 0.472. The van der Waals surface area contributed by atoms with Gasteiger partial charge in [-0.3, -0.25) is 4.79 Å². The summed E-state index contributed by atoms with van der Waals surface area (Å²) in [5, 5.41) is 7.30. The zero-order chi connectivity index (χ0) is 24.5. The predicted molar refractivity (Wildman–Crippen MR) is 125 cm³/mol. The van der Waals surface area contributed by atoms with Crippen molar-refractivity contribution in [3.63, 3.8) is 0 Å². The highest BCUT2D eigenvalue weighted by molar-refractivity contribution is 5.95. The number of para-hydroxylation sites is 1. The highest BCUT2D eigenvalue weighted by atomic mass is 19.4. The van der Waals surface area contributed by atoms with E-state index in [1.807, 2.05) is 49.3 Å². The second kappa shape index (κ2) is 9.48. The third-order valence-electron chi connectivity index (χ3n) is 6.08. The van der Waals surface area contributed by atoms with E-state index in [0.717, 1.165) is 41.3 Å². The molecule has 180 valence electrons. The van der Waals surface area contributed by atoms with Crippen molar-refractivity contribution < 1.29 is 22.4 Å². The van der Waals surface area contributed by atoms with Crippen LogP contribution in [0, 0.1) is 5.82 Å². The van der Waals surface area contributed by atoms with Gasteiger partial charge >= 0.3 is 6.18 Å². The van der Waals surface area contributed by atoms with Crippen molar-refractivity contribution in [1.82, 2.24) is 10.3 Å². The topological polar surface area (TPSA) is 57.3 Å². The Hall–Kier alpha value is -3.36. The molecule has 0 unspecified atom stereocenters. The van der Waals surface area contributed by atoms with Crippen molar-refractivity contribution in [2.24, 2.45) is 0 Å². The largest absolute Gasteiger partial charge is 0.416 e. The lowest BCUT2D eigenvalue weighted by atomic mass is 9.91. The van der Waals surface area contributed by atoms with E-state index in [1.165, 1.54) is 0 Å². The number of hydrogen-bond donors (Lipinski definition) is 2. The van der Waals surface area contributed by atoms with Crippen LogP contribution in [0.15, 0.2) is 48.5 Å². The number of amides is 1. The second-order valence-corrected chi connectivity index (χ2v) is 8.83. The summed E-state index contributed by atoms with van der Waals surface area (Å²) >= 11 is 0. The van der Waals surface area contributed by atoms with Crippen LogP contribution in [0.4, 0.5) is 29.1 Å². The van der Waals surface area contributed by atoms with Gasteiger partial charge in [-0.15, -0.1) is 0 Å². The molecule has 2 N–H and O–H groups in total. The molecule has 1 fully saturated rings. The summed E-state index contributed by atoms with van der Waals surface area (Å²) in [6.07, 6.45) is -1.90. The second-order valence-electron chi connectivity index (χ2n) is 8.83. The Morgan fingerprint density at radius 2 is 1.68 bits per heavy atom. The first-order chi connectivity index (χ1) is 16.1. The van der Waals surface area contributed by atoms with Crippen LogP contribution in [0.5, 0.6) is 0 Å². The van der Waals surface area contributed by atoms with E-state index < -0.39 is 23.5 Å². The number of hydrogen-bond acceptors (Lipinski definition) is 4. The van der Waals surface area contributed by atoms with Crippen molar-refractivity contribution >= 4 is 28.3 Å². The lowest BCUT2D eigenvalue weighted by Gasteiger charge is -2.30. The van der Waals surface area contributed by atoms with Gasteiger partial charge in [-0.1, -0.05) is 18.2 Å². The van der Waals surface area contributed by atoms with Crippen LogP contribution < -0.4 is 15.5 Å². The van der Waals surface area contributed by atoms with Gasteiger partial charge < -0.3 is 15.5 Å². The number of pyridine rings is 1. The maximum absolute atomic E-state index is 13.6. The van der Waals surface area contributed by atoms with E-state index in [4.69, 9.17) is 4.98 Å². The monoisotopic (exact) mass is 474 g/mol. The number of rotatable bonds is 5. The van der Waals surface area contributed by atoms with Crippen molar-refractivity contribution in [3.8, 4) is 0 Å². The van der Waals surface area contributed by atoms with Crippen LogP contribution >= 0.6 is 0 Å². The molecule has 0 atom stereocenters. The first-order valence-electron chi connectivity index (χ1n) is 11.1. The lowest BCUT2D eigenvalue weighted by molar-refractivity contribution is -0.137. The zero-order valence-corrected chi connectivity index (χ0v) is 18.9. The van der Waals surface area contributed by atoms with Gasteiger partial charge in [0.1, 0.15) is 11.6 Å². The molecule has 3 aromatic rings. The number of carbonyl (C=O) groups excluding carboxylic acids is 1. The van der Waals surface area contributed by atoms with Gasteiger partial charge in [-0.25, -0.2) is 9.37 Å². The molecule has 0 radical (unpaired) electrons. The molecule has 1 aliphatic rings. The number of fused-ring (bicyclic) bond motifs is 1. The number of nitrogens with one attached hydrogen (secondary N) is 2. The zero-order valence-electron chi connectivity index (χ0n) is 18.9. The molecule has 34 heavy (non-hydrogen) atoms. The highest BCUT2D eigenvalue weighted by Gasteiger charge is 2.32. The molecule has 1 saturated carbocycles. The Labute approximate surface area is 195 Å². The Bertz CT molecular complexity index is 1190. The predicted octanol–water partition coefficient (Wildman–Crippen LogP) is 5.61. The van der Waals surface area contributed by atoms with Gasteiger partial charge in [0, 0.05) is 48.9 Å². The molecule has 9 heteroatoms. The number of carbonyl (C=O) groups is 1. The van der Waals surface area contributed by atoms with E-state index in [1.54, 1.807) is 0 Å². The van der Waals surface area contributed by atoms with E-state index in [2.05, 4.69) is 10.6 Å². The minimum atomic E-state index is -4.72. The number of nitrogens with zero attached hydrogens (tertiary/aromatic N) is 2. The van der Waals surface area contributed by atoms with Gasteiger partial charge in [0.05, 0.1) is 11.1 Å². The van der Waals surface area contributed by atoms with Crippen LogP contribution in [0.1, 0.15) is 41.6 Å². The molecule has 0 saturated heterocycles. The van der Waals surface area contributed by atoms with Crippen molar-refractivity contribution in [2.45, 2.75) is 43.9 Å². The van der Waals surface area contributed by atoms with E-state index >= 15 is 0 Å². The average molecular weight is 475 g/mol. The van der Waals surface area contributed by atoms with E-state index in [0.29, 0.717) is 25.0 Å². The fourth-order valence-corrected chi connectivity index (χ4v) is 4.35. The maximum atomic E-state index is 13.6. The molecule has 2 aromatic carbocycles. The van der Waals surface area contributed by atoms with Crippen molar-refractivity contribution in [3.05, 3.63) is 65.5 Å². The first-order valence-corrected chi connectivity index (χ1v) is 11.1. The summed E-state index contributed by atoms with van der Waals surface area (Å²) in [5.74, 6) is -1.02. The number of alkyl halides is 3. The van der Waals surface area contributed by atoms with Gasteiger partial charge in [0.25, 0.3) is 5.91 Å². The molecule has 4 rings (SSSR count). The SMILES string of the molecule is CN(C)c1cc(NC2CCC(NC(=O)c3cc(F)cc(C(F)(F)F)c3)CC2)nc2ccccc12. The summed E-state index contributed by atoms with van der Waals surface area (Å²) in [6, 6.07) is 11.8. The van der Waals surface area contributed by atoms with Crippen LogP contribution in [0.2, 0.25) is 0 Å². The fraction of sp³-hybridized carbons (Fsp3) is 0.360. The van der Waals surface area contributed by atoms with Crippen LogP contribution in [-0.2, 0) is 6.18 Å². The Balaban J connectivity index is 1.38. The third-order valence-corrected chi connectivity index (χ3v) is 6.08. The maximum Gasteiger partial charge on any atom is 0.416 e. The van der Waals surface area contributed by atoms with Gasteiger partial charge in [-0.2, -0.15) is 13.2 Å². The molecule has 0 bridgehead atoms. The summed E-state index contributed by atoms with van der Waals surface area (Å²) in [6.45, 7) is 0. The minimum absolute atomic E-state index is 0.155. The van der Waals surface area contributed by atoms with Crippen molar-refractivity contribution in [1.29, 1.82) is 0 Å². The lowest BCUT2D eigenvalue weighted by Crippen LogP contribution is -2.40.